The first-order chi connectivity index (χ1) is 16.2. The average Bonchev–Trinajstić information content (AvgIpc) is 2.88. The van der Waals surface area contributed by atoms with Crippen molar-refractivity contribution in [3.63, 3.8) is 0 Å². The molecule has 1 fully saturated rings. The zero-order valence-electron chi connectivity index (χ0n) is 18.4. The molecule has 3 aromatic carbocycles. The van der Waals surface area contributed by atoms with Gasteiger partial charge in [0.25, 0.3) is 0 Å². The van der Waals surface area contributed by atoms with Crippen LogP contribution in [-0.4, -0.2) is 47.5 Å². The summed E-state index contributed by atoms with van der Waals surface area (Å²) < 4.78 is 24.1. The van der Waals surface area contributed by atoms with Gasteiger partial charge in [-0.05, 0) is 16.7 Å². The Hall–Kier alpha value is -2.58. The van der Waals surface area contributed by atoms with Gasteiger partial charge in [-0.1, -0.05) is 91.0 Å². The van der Waals surface area contributed by atoms with E-state index in [1.807, 2.05) is 91.0 Å². The summed E-state index contributed by atoms with van der Waals surface area (Å²) in [5, 5.41) is 21.2. The number of hydrogen-bond acceptors (Lipinski definition) is 6. The van der Waals surface area contributed by atoms with E-state index in [4.69, 9.17) is 18.9 Å². The molecule has 1 aliphatic heterocycles. The molecule has 33 heavy (non-hydrogen) atoms. The van der Waals surface area contributed by atoms with Crippen LogP contribution in [0.3, 0.4) is 0 Å². The number of aliphatic hydroxyl groups excluding tert-OH is 2. The highest BCUT2D eigenvalue weighted by Crippen LogP contribution is 2.29. The molecule has 3 aromatic rings. The molecular formula is C27H30O6. The molecular weight excluding hydrogens is 420 g/mol. The summed E-state index contributed by atoms with van der Waals surface area (Å²) in [4.78, 5) is 0. The van der Waals surface area contributed by atoms with E-state index in [1.54, 1.807) is 0 Å². The SMILES string of the molecule is OC[C@H]1O[C@@H](OCc2ccccc2)[C@H](O)[C@@H](OCc2ccccc2)[C@H]1OCc1ccccc1. The first-order valence-corrected chi connectivity index (χ1v) is 11.2. The van der Waals surface area contributed by atoms with Crippen LogP contribution in [0, 0.1) is 0 Å². The Balaban J connectivity index is 1.48. The molecule has 0 spiro atoms. The maximum atomic E-state index is 11.1. The van der Waals surface area contributed by atoms with Crippen LogP contribution in [0.2, 0.25) is 0 Å². The second kappa shape index (κ2) is 12.0. The molecule has 6 nitrogen and oxygen atoms in total. The highest BCUT2D eigenvalue weighted by Gasteiger charge is 2.47. The Bertz CT molecular complexity index is 937. The van der Waals surface area contributed by atoms with E-state index in [9.17, 15) is 10.2 Å². The Morgan fingerprint density at radius 2 is 1.03 bits per heavy atom. The molecule has 0 radical (unpaired) electrons. The van der Waals surface area contributed by atoms with Crippen LogP contribution in [0.15, 0.2) is 91.0 Å². The first kappa shape index (κ1) is 23.6. The molecule has 0 aliphatic carbocycles. The van der Waals surface area contributed by atoms with Crippen molar-refractivity contribution in [3.05, 3.63) is 108 Å². The molecule has 4 rings (SSSR count). The van der Waals surface area contributed by atoms with Crippen molar-refractivity contribution < 1.29 is 29.2 Å². The second-order valence-corrected chi connectivity index (χ2v) is 8.04. The van der Waals surface area contributed by atoms with Crippen molar-refractivity contribution >= 4 is 0 Å². The molecule has 6 heteroatoms. The van der Waals surface area contributed by atoms with Crippen LogP contribution in [0.25, 0.3) is 0 Å². The maximum Gasteiger partial charge on any atom is 0.187 e. The fraction of sp³-hybridized carbons (Fsp3) is 0.333. The van der Waals surface area contributed by atoms with E-state index in [0.29, 0.717) is 6.61 Å². The summed E-state index contributed by atoms with van der Waals surface area (Å²) in [5.41, 5.74) is 2.91. The minimum absolute atomic E-state index is 0.266. The number of rotatable bonds is 10. The molecule has 1 aliphatic rings. The quantitative estimate of drug-likeness (QED) is 0.493. The molecule has 0 aromatic heterocycles. The van der Waals surface area contributed by atoms with Crippen LogP contribution in [0.4, 0.5) is 0 Å². The molecule has 1 heterocycles. The number of hydrogen-bond donors (Lipinski definition) is 2. The molecule has 2 N–H and O–H groups in total. The summed E-state index contributed by atoms with van der Waals surface area (Å²) in [6.07, 6.45) is -4.19. The highest BCUT2D eigenvalue weighted by molar-refractivity contribution is 5.15. The van der Waals surface area contributed by atoms with Gasteiger partial charge in [-0.2, -0.15) is 0 Å². The molecule has 0 amide bonds. The minimum atomic E-state index is -1.10. The molecule has 0 saturated carbocycles. The highest BCUT2D eigenvalue weighted by atomic mass is 16.7. The van der Waals surface area contributed by atoms with Crippen LogP contribution in [-0.2, 0) is 38.8 Å². The Morgan fingerprint density at radius 1 is 0.606 bits per heavy atom. The lowest BCUT2D eigenvalue weighted by molar-refractivity contribution is -0.319. The van der Waals surface area contributed by atoms with Gasteiger partial charge in [0.15, 0.2) is 6.29 Å². The van der Waals surface area contributed by atoms with Crippen molar-refractivity contribution in [3.8, 4) is 0 Å². The fourth-order valence-corrected chi connectivity index (χ4v) is 3.86. The maximum absolute atomic E-state index is 11.1. The number of ether oxygens (including phenoxy) is 4. The third-order valence-corrected chi connectivity index (χ3v) is 5.62. The topological polar surface area (TPSA) is 77.4 Å². The van der Waals surface area contributed by atoms with Gasteiger partial charge < -0.3 is 29.2 Å². The van der Waals surface area contributed by atoms with Gasteiger partial charge >= 0.3 is 0 Å². The van der Waals surface area contributed by atoms with E-state index < -0.39 is 30.7 Å². The smallest absolute Gasteiger partial charge is 0.187 e. The minimum Gasteiger partial charge on any atom is -0.394 e. The summed E-state index contributed by atoms with van der Waals surface area (Å²) in [7, 11) is 0. The summed E-state index contributed by atoms with van der Waals surface area (Å²) in [6, 6.07) is 29.1. The van der Waals surface area contributed by atoms with Gasteiger partial charge in [-0.25, -0.2) is 0 Å². The van der Waals surface area contributed by atoms with Crippen molar-refractivity contribution in [2.45, 2.75) is 50.5 Å². The molecule has 0 unspecified atom stereocenters. The van der Waals surface area contributed by atoms with Gasteiger partial charge in [0, 0.05) is 0 Å². The summed E-state index contributed by atoms with van der Waals surface area (Å²) in [5.74, 6) is 0. The summed E-state index contributed by atoms with van der Waals surface area (Å²) in [6.45, 7) is 0.570. The fourth-order valence-electron chi connectivity index (χ4n) is 3.86. The largest absolute Gasteiger partial charge is 0.394 e. The van der Waals surface area contributed by atoms with Gasteiger partial charge in [0.1, 0.15) is 24.4 Å². The van der Waals surface area contributed by atoms with Crippen molar-refractivity contribution in [2.24, 2.45) is 0 Å². The molecule has 5 atom stereocenters. The normalized spacial score (nSPS) is 25.1. The van der Waals surface area contributed by atoms with Crippen molar-refractivity contribution in [1.82, 2.24) is 0 Å². The van der Waals surface area contributed by atoms with Crippen LogP contribution >= 0.6 is 0 Å². The third kappa shape index (κ3) is 6.48. The zero-order chi connectivity index (χ0) is 22.9. The predicted octanol–water partition coefficient (Wildman–Crippen LogP) is 3.45. The van der Waals surface area contributed by atoms with Crippen molar-refractivity contribution in [1.29, 1.82) is 0 Å². The van der Waals surface area contributed by atoms with E-state index in [2.05, 4.69) is 0 Å². The lowest BCUT2D eigenvalue weighted by Gasteiger charge is -2.43. The zero-order valence-corrected chi connectivity index (χ0v) is 18.4. The van der Waals surface area contributed by atoms with E-state index in [0.717, 1.165) is 16.7 Å². The van der Waals surface area contributed by atoms with Crippen LogP contribution < -0.4 is 0 Å². The van der Waals surface area contributed by atoms with Gasteiger partial charge in [0.05, 0.1) is 26.4 Å². The van der Waals surface area contributed by atoms with Crippen LogP contribution in [0.5, 0.6) is 0 Å². The molecule has 1 saturated heterocycles. The lowest BCUT2D eigenvalue weighted by atomic mass is 9.98. The lowest BCUT2D eigenvalue weighted by Crippen LogP contribution is -2.60. The van der Waals surface area contributed by atoms with E-state index >= 15 is 0 Å². The Labute approximate surface area is 194 Å². The van der Waals surface area contributed by atoms with Gasteiger partial charge in [-0.15, -0.1) is 0 Å². The standard InChI is InChI=1S/C27H30O6/c28-16-23-25(30-17-20-10-4-1-5-11-20)26(31-18-21-12-6-2-7-13-21)24(29)27(33-23)32-19-22-14-8-3-9-15-22/h1-15,23-29H,16-19H2/t23-,24-,25+,26-,27-/m1/s1. The Morgan fingerprint density at radius 3 is 1.48 bits per heavy atom. The first-order valence-electron chi connectivity index (χ1n) is 11.2. The monoisotopic (exact) mass is 450 g/mol. The van der Waals surface area contributed by atoms with Crippen molar-refractivity contribution in [2.75, 3.05) is 6.61 Å². The average molecular weight is 451 g/mol. The second-order valence-electron chi connectivity index (χ2n) is 8.04. The predicted molar refractivity (Wildman–Crippen MR) is 123 cm³/mol. The number of benzene rings is 3. The summed E-state index contributed by atoms with van der Waals surface area (Å²) >= 11 is 0. The van der Waals surface area contributed by atoms with E-state index in [1.165, 1.54) is 0 Å². The van der Waals surface area contributed by atoms with Gasteiger partial charge in [-0.3, -0.25) is 0 Å². The van der Waals surface area contributed by atoms with E-state index in [-0.39, 0.29) is 19.8 Å². The number of aliphatic hydroxyl groups is 2. The molecule has 0 bridgehead atoms. The van der Waals surface area contributed by atoms with Gasteiger partial charge in [0.2, 0.25) is 0 Å². The molecule has 174 valence electrons. The third-order valence-electron chi connectivity index (χ3n) is 5.62. The van der Waals surface area contributed by atoms with Crippen LogP contribution in [0.1, 0.15) is 16.7 Å². The Kier molecular flexibility index (Phi) is 8.60.